The Labute approximate surface area is 117 Å². The fourth-order valence-electron chi connectivity index (χ4n) is 2.97. The molecular weight excluding hydrogens is 295 g/mol. The second kappa shape index (κ2) is 5.30. The van der Waals surface area contributed by atoms with Gasteiger partial charge in [-0.15, -0.1) is 0 Å². The van der Waals surface area contributed by atoms with Gasteiger partial charge in [-0.1, -0.05) is 26.0 Å². The van der Waals surface area contributed by atoms with E-state index in [1.54, 1.807) is 18.2 Å². The summed E-state index contributed by atoms with van der Waals surface area (Å²) in [6.45, 7) is 4.35. The minimum absolute atomic E-state index is 0.315. The first-order valence-electron chi connectivity index (χ1n) is 6.61. The molecule has 18 heavy (non-hydrogen) atoms. The smallest absolute Gasteiger partial charge is 0.143 e. The summed E-state index contributed by atoms with van der Waals surface area (Å²) in [5.41, 5.74) is -0.552. The van der Waals surface area contributed by atoms with Crippen LogP contribution >= 0.6 is 15.9 Å². The van der Waals surface area contributed by atoms with Gasteiger partial charge in [0, 0.05) is 5.56 Å². The van der Waals surface area contributed by atoms with E-state index in [-0.39, 0.29) is 5.82 Å². The molecule has 0 saturated heterocycles. The average molecular weight is 315 g/mol. The van der Waals surface area contributed by atoms with Gasteiger partial charge >= 0.3 is 0 Å². The number of benzene rings is 1. The Balaban J connectivity index is 2.33. The van der Waals surface area contributed by atoms with Crippen LogP contribution in [0.1, 0.15) is 45.1 Å². The lowest BCUT2D eigenvalue weighted by Gasteiger charge is -2.39. The highest BCUT2D eigenvalue weighted by Gasteiger charge is 2.38. The first kappa shape index (κ1) is 14.0. The maximum atomic E-state index is 14.2. The number of hydrogen-bond donors (Lipinski definition) is 1. The molecule has 100 valence electrons. The predicted octanol–water partition coefficient (Wildman–Crippen LogP) is 4.62. The van der Waals surface area contributed by atoms with Gasteiger partial charge in [-0.3, -0.25) is 0 Å². The van der Waals surface area contributed by atoms with Gasteiger partial charge in [0.05, 0.1) is 10.1 Å². The van der Waals surface area contributed by atoms with Crippen molar-refractivity contribution in [2.24, 2.45) is 11.8 Å². The zero-order valence-corrected chi connectivity index (χ0v) is 12.5. The highest BCUT2D eigenvalue weighted by Crippen LogP contribution is 2.43. The molecule has 1 aliphatic rings. The molecule has 1 aliphatic carbocycles. The Morgan fingerprint density at radius 3 is 2.83 bits per heavy atom. The van der Waals surface area contributed by atoms with E-state index < -0.39 is 5.60 Å². The molecule has 0 bridgehead atoms. The van der Waals surface area contributed by atoms with Crippen molar-refractivity contribution in [3.8, 4) is 0 Å². The average Bonchev–Trinajstić information content (AvgIpc) is 2.32. The van der Waals surface area contributed by atoms with Crippen molar-refractivity contribution in [3.05, 3.63) is 34.1 Å². The number of halogens is 2. The summed E-state index contributed by atoms with van der Waals surface area (Å²) in [5, 5.41) is 10.8. The van der Waals surface area contributed by atoms with Gasteiger partial charge in [0.2, 0.25) is 0 Å². The van der Waals surface area contributed by atoms with Crippen LogP contribution in [0.5, 0.6) is 0 Å². The van der Waals surface area contributed by atoms with Gasteiger partial charge in [-0.25, -0.2) is 4.39 Å². The van der Waals surface area contributed by atoms with E-state index in [1.165, 1.54) is 0 Å². The predicted molar refractivity (Wildman–Crippen MR) is 74.8 cm³/mol. The van der Waals surface area contributed by atoms with Crippen LogP contribution in [0.25, 0.3) is 0 Å². The first-order chi connectivity index (χ1) is 8.44. The second-order valence-corrected chi connectivity index (χ2v) is 6.59. The normalized spacial score (nSPS) is 28.7. The summed E-state index contributed by atoms with van der Waals surface area (Å²) in [6.07, 6.45) is 3.42. The van der Waals surface area contributed by atoms with Gasteiger partial charge < -0.3 is 5.11 Å². The number of rotatable bonds is 2. The lowest BCUT2D eigenvalue weighted by Crippen LogP contribution is -2.35. The third-order valence-corrected chi connectivity index (χ3v) is 4.77. The lowest BCUT2D eigenvalue weighted by atomic mass is 9.71. The molecule has 0 aliphatic heterocycles. The molecule has 3 heteroatoms. The minimum atomic E-state index is -0.999. The Bertz CT molecular complexity index is 433. The van der Waals surface area contributed by atoms with Crippen LogP contribution in [0.2, 0.25) is 0 Å². The van der Waals surface area contributed by atoms with E-state index >= 15 is 0 Å². The highest BCUT2D eigenvalue weighted by atomic mass is 79.9. The van der Waals surface area contributed by atoms with Crippen LogP contribution in [0.4, 0.5) is 4.39 Å². The van der Waals surface area contributed by atoms with Crippen LogP contribution in [0.15, 0.2) is 22.7 Å². The quantitative estimate of drug-likeness (QED) is 0.844. The molecule has 0 spiro atoms. The van der Waals surface area contributed by atoms with Gasteiger partial charge in [0.15, 0.2) is 0 Å². The Morgan fingerprint density at radius 1 is 1.44 bits per heavy atom. The lowest BCUT2D eigenvalue weighted by molar-refractivity contribution is -0.0322. The largest absolute Gasteiger partial charge is 0.385 e. The van der Waals surface area contributed by atoms with E-state index in [4.69, 9.17) is 0 Å². The summed E-state index contributed by atoms with van der Waals surface area (Å²) in [6, 6.07) is 5.17. The van der Waals surface area contributed by atoms with Crippen LogP contribution in [-0.2, 0) is 5.60 Å². The summed E-state index contributed by atoms with van der Waals surface area (Å²) < 4.78 is 14.6. The molecule has 1 fully saturated rings. The fraction of sp³-hybridized carbons (Fsp3) is 0.600. The van der Waals surface area contributed by atoms with E-state index in [1.807, 2.05) is 0 Å². The monoisotopic (exact) mass is 314 g/mol. The van der Waals surface area contributed by atoms with Crippen LogP contribution in [0, 0.1) is 17.7 Å². The maximum absolute atomic E-state index is 14.2. The zero-order valence-electron chi connectivity index (χ0n) is 10.9. The van der Waals surface area contributed by atoms with Crippen LogP contribution < -0.4 is 0 Å². The number of aliphatic hydroxyl groups is 1. The molecular formula is C15H20BrFO. The molecule has 2 rings (SSSR count). The topological polar surface area (TPSA) is 20.2 Å². The molecule has 1 nitrogen and oxygen atoms in total. The Kier molecular flexibility index (Phi) is 4.12. The summed E-state index contributed by atoms with van der Waals surface area (Å²) in [7, 11) is 0. The molecule has 2 atom stereocenters. The van der Waals surface area contributed by atoms with E-state index in [9.17, 15) is 9.50 Å². The van der Waals surface area contributed by atoms with Crippen molar-refractivity contribution in [1.82, 2.24) is 0 Å². The van der Waals surface area contributed by atoms with Crippen LogP contribution in [-0.4, -0.2) is 5.11 Å². The molecule has 1 aromatic rings. The third-order valence-electron chi connectivity index (χ3n) is 4.16. The van der Waals surface area contributed by atoms with Gasteiger partial charge in [-0.05, 0) is 59.5 Å². The van der Waals surface area contributed by atoms with Crippen molar-refractivity contribution in [3.63, 3.8) is 0 Å². The molecule has 1 N–H and O–H groups in total. The van der Waals surface area contributed by atoms with Crippen molar-refractivity contribution >= 4 is 15.9 Å². The molecule has 1 aromatic carbocycles. The molecule has 0 radical (unpaired) electrons. The Hall–Kier alpha value is -0.410. The van der Waals surface area contributed by atoms with E-state index in [0.29, 0.717) is 34.7 Å². The molecule has 0 aromatic heterocycles. The van der Waals surface area contributed by atoms with Gasteiger partial charge in [0.25, 0.3) is 0 Å². The Morgan fingerprint density at radius 2 is 2.17 bits per heavy atom. The summed E-state index contributed by atoms with van der Waals surface area (Å²) in [5.74, 6) is 0.693. The number of hydrogen-bond acceptors (Lipinski definition) is 1. The van der Waals surface area contributed by atoms with Gasteiger partial charge in [-0.2, -0.15) is 0 Å². The van der Waals surface area contributed by atoms with Crippen molar-refractivity contribution in [2.45, 2.75) is 45.1 Å². The van der Waals surface area contributed by atoms with Gasteiger partial charge in [0.1, 0.15) is 5.82 Å². The minimum Gasteiger partial charge on any atom is -0.385 e. The van der Waals surface area contributed by atoms with Crippen molar-refractivity contribution in [2.75, 3.05) is 0 Å². The van der Waals surface area contributed by atoms with Crippen LogP contribution in [0.3, 0.4) is 0 Å². The first-order valence-corrected chi connectivity index (χ1v) is 7.40. The zero-order chi connectivity index (χ0) is 13.3. The van der Waals surface area contributed by atoms with Crippen molar-refractivity contribution in [1.29, 1.82) is 0 Å². The SMILES string of the molecule is CC(C)C1CCCC(O)(c2cccc(Br)c2F)C1. The van der Waals surface area contributed by atoms with E-state index in [0.717, 1.165) is 12.8 Å². The summed E-state index contributed by atoms with van der Waals surface area (Å²) >= 11 is 3.19. The second-order valence-electron chi connectivity index (χ2n) is 5.73. The fourth-order valence-corrected chi connectivity index (χ4v) is 3.34. The van der Waals surface area contributed by atoms with E-state index in [2.05, 4.69) is 29.8 Å². The molecule has 2 unspecified atom stereocenters. The maximum Gasteiger partial charge on any atom is 0.143 e. The van der Waals surface area contributed by atoms with Crippen molar-refractivity contribution < 1.29 is 9.50 Å². The molecule has 0 amide bonds. The summed E-state index contributed by atoms with van der Waals surface area (Å²) in [4.78, 5) is 0. The molecule has 0 heterocycles. The third kappa shape index (κ3) is 2.62. The standard InChI is InChI=1S/C15H20BrFO/c1-10(2)11-5-4-8-15(18,9-11)12-6-3-7-13(16)14(12)17/h3,6-7,10-11,18H,4-5,8-9H2,1-2H3. The highest BCUT2D eigenvalue weighted by molar-refractivity contribution is 9.10. The molecule has 1 saturated carbocycles.